The first-order valence-corrected chi connectivity index (χ1v) is 7.40. The summed E-state index contributed by atoms with van der Waals surface area (Å²) in [5.74, 6) is 0.00400. The molecule has 24 heavy (non-hydrogen) atoms. The van der Waals surface area contributed by atoms with Crippen molar-refractivity contribution in [1.82, 2.24) is 25.1 Å². The fraction of sp³-hybridized carbons (Fsp3) is 0.188. The van der Waals surface area contributed by atoms with Crippen molar-refractivity contribution >= 4 is 0 Å². The highest BCUT2D eigenvalue weighted by Crippen LogP contribution is 2.44. The van der Waals surface area contributed by atoms with Gasteiger partial charge in [0.2, 0.25) is 0 Å². The van der Waals surface area contributed by atoms with Crippen molar-refractivity contribution in [2.45, 2.75) is 18.8 Å². The van der Waals surface area contributed by atoms with Gasteiger partial charge in [-0.05, 0) is 31.0 Å². The Morgan fingerprint density at radius 1 is 1.25 bits per heavy atom. The van der Waals surface area contributed by atoms with Gasteiger partial charge in [-0.1, -0.05) is 0 Å². The number of benzene rings is 1. The quantitative estimate of drug-likeness (QED) is 0.792. The van der Waals surface area contributed by atoms with Gasteiger partial charge in [-0.25, -0.2) is 14.4 Å². The average Bonchev–Trinajstić information content (AvgIpc) is 3.43. The van der Waals surface area contributed by atoms with Crippen LogP contribution in [-0.4, -0.2) is 25.1 Å². The molecule has 0 bridgehead atoms. The Bertz CT molecular complexity index is 955. The largest absolute Gasteiger partial charge is 0.433 e. The molecule has 8 heteroatoms. The van der Waals surface area contributed by atoms with E-state index in [1.54, 1.807) is 6.20 Å². The Labute approximate surface area is 135 Å². The van der Waals surface area contributed by atoms with Gasteiger partial charge in [-0.3, -0.25) is 4.79 Å². The van der Waals surface area contributed by atoms with Crippen LogP contribution in [0.15, 0.2) is 41.8 Å². The minimum absolute atomic E-state index is 0.213. The molecule has 1 fully saturated rings. The zero-order chi connectivity index (χ0) is 16.5. The third kappa shape index (κ3) is 2.73. The van der Waals surface area contributed by atoms with Gasteiger partial charge in [-0.2, -0.15) is 0 Å². The van der Waals surface area contributed by atoms with Crippen LogP contribution >= 0.6 is 0 Å². The van der Waals surface area contributed by atoms with Gasteiger partial charge >= 0.3 is 11.4 Å². The van der Waals surface area contributed by atoms with Crippen LogP contribution in [-0.2, 0) is 0 Å². The third-order valence-corrected chi connectivity index (χ3v) is 3.74. The smallest absolute Gasteiger partial charge is 0.313 e. The highest BCUT2D eigenvalue weighted by atomic mass is 19.1. The van der Waals surface area contributed by atoms with E-state index in [9.17, 15) is 9.18 Å². The minimum atomic E-state index is -0.521. The molecule has 2 heterocycles. The summed E-state index contributed by atoms with van der Waals surface area (Å²) >= 11 is 0. The molecular formula is C16H12FN5O2. The van der Waals surface area contributed by atoms with Gasteiger partial charge in [0.15, 0.2) is 0 Å². The number of nitrogens with zero attached hydrogens (tertiary/aromatic N) is 4. The van der Waals surface area contributed by atoms with E-state index >= 15 is 0 Å². The van der Waals surface area contributed by atoms with Gasteiger partial charge in [0, 0.05) is 23.2 Å². The summed E-state index contributed by atoms with van der Waals surface area (Å²) in [7, 11) is 0. The number of H-pyrrole nitrogens is 1. The van der Waals surface area contributed by atoms with E-state index < -0.39 is 11.4 Å². The van der Waals surface area contributed by atoms with E-state index in [1.807, 2.05) is 0 Å². The summed E-state index contributed by atoms with van der Waals surface area (Å²) in [6, 6.07) is 4.04. The molecule has 0 radical (unpaired) electrons. The van der Waals surface area contributed by atoms with Crippen molar-refractivity contribution in [3.63, 3.8) is 0 Å². The van der Waals surface area contributed by atoms with Crippen molar-refractivity contribution in [2.24, 2.45) is 0 Å². The topological polar surface area (TPSA) is 93.7 Å². The summed E-state index contributed by atoms with van der Waals surface area (Å²) in [5, 5.41) is 7.25. The first-order valence-electron chi connectivity index (χ1n) is 7.40. The number of hydrogen-bond donors (Lipinski definition) is 1. The Morgan fingerprint density at radius 2 is 2.12 bits per heavy atom. The fourth-order valence-corrected chi connectivity index (χ4v) is 2.48. The zero-order valence-electron chi connectivity index (χ0n) is 12.4. The van der Waals surface area contributed by atoms with Gasteiger partial charge in [0.25, 0.3) is 0 Å². The highest BCUT2D eigenvalue weighted by Gasteiger charge is 2.29. The van der Waals surface area contributed by atoms with E-state index in [1.165, 1.54) is 24.5 Å². The molecule has 4 rings (SSSR count). The number of rotatable bonds is 4. The van der Waals surface area contributed by atoms with Crippen LogP contribution in [0.25, 0.3) is 11.1 Å². The molecule has 1 aliphatic rings. The Morgan fingerprint density at radius 3 is 2.92 bits per heavy atom. The molecule has 1 N–H and O–H groups in total. The van der Waals surface area contributed by atoms with Crippen LogP contribution in [0.5, 0.6) is 11.6 Å². The predicted octanol–water partition coefficient (Wildman–Crippen LogP) is 2.43. The second-order valence-electron chi connectivity index (χ2n) is 5.46. The molecular weight excluding hydrogens is 313 g/mol. The lowest BCUT2D eigenvalue weighted by atomic mass is 10.0. The third-order valence-electron chi connectivity index (χ3n) is 3.74. The SMILES string of the molecule is O=c1[nH]cnnc1Oc1ccc(F)cc1-c1cncnc1C1CC1. The molecule has 0 unspecified atom stereocenters. The fourth-order valence-electron chi connectivity index (χ4n) is 2.48. The predicted molar refractivity (Wildman–Crippen MR) is 82.1 cm³/mol. The Balaban J connectivity index is 1.83. The van der Waals surface area contributed by atoms with Crippen LogP contribution in [0.2, 0.25) is 0 Å². The molecule has 7 nitrogen and oxygen atoms in total. The maximum Gasteiger partial charge on any atom is 0.313 e. The van der Waals surface area contributed by atoms with Gasteiger partial charge < -0.3 is 9.72 Å². The first kappa shape index (κ1) is 14.4. The van der Waals surface area contributed by atoms with Gasteiger partial charge in [0.05, 0.1) is 5.69 Å². The number of hydrogen-bond acceptors (Lipinski definition) is 6. The van der Waals surface area contributed by atoms with E-state index in [-0.39, 0.29) is 5.88 Å². The van der Waals surface area contributed by atoms with E-state index in [0.717, 1.165) is 24.9 Å². The molecule has 3 aromatic rings. The normalized spacial score (nSPS) is 13.7. The first-order chi connectivity index (χ1) is 11.7. The average molecular weight is 325 g/mol. The van der Waals surface area contributed by atoms with Crippen LogP contribution in [0, 0.1) is 5.82 Å². The zero-order valence-corrected chi connectivity index (χ0v) is 12.4. The van der Waals surface area contributed by atoms with E-state index in [4.69, 9.17) is 4.74 Å². The molecule has 2 aromatic heterocycles. The monoisotopic (exact) mass is 325 g/mol. The summed E-state index contributed by atoms with van der Waals surface area (Å²) in [4.78, 5) is 22.5. The maximum absolute atomic E-state index is 13.8. The molecule has 1 aliphatic carbocycles. The maximum atomic E-state index is 13.8. The lowest BCUT2D eigenvalue weighted by molar-refractivity contribution is 0.445. The highest BCUT2D eigenvalue weighted by molar-refractivity contribution is 5.72. The Hall–Kier alpha value is -3.16. The van der Waals surface area contributed by atoms with Crippen molar-refractivity contribution in [2.75, 3.05) is 0 Å². The summed E-state index contributed by atoms with van der Waals surface area (Å²) in [6.45, 7) is 0. The molecule has 1 saturated carbocycles. The molecule has 0 saturated heterocycles. The Kier molecular flexibility index (Phi) is 3.49. The molecule has 0 amide bonds. The lowest BCUT2D eigenvalue weighted by Crippen LogP contribution is -2.11. The van der Waals surface area contributed by atoms with Crippen LogP contribution in [0.3, 0.4) is 0 Å². The van der Waals surface area contributed by atoms with Crippen molar-refractivity contribution in [1.29, 1.82) is 0 Å². The standard InChI is InChI=1S/C16H12FN5O2/c17-10-3-4-13(24-16-15(23)20-8-21-22-16)11(5-10)12-6-18-7-19-14(12)9-1-2-9/h3-9H,1-2H2,(H,20,21,23). The van der Waals surface area contributed by atoms with Crippen molar-refractivity contribution in [3.05, 3.63) is 58.9 Å². The molecule has 0 spiro atoms. The van der Waals surface area contributed by atoms with Gasteiger partial charge in [0.1, 0.15) is 24.2 Å². The van der Waals surface area contributed by atoms with Crippen LogP contribution < -0.4 is 10.3 Å². The number of halogens is 1. The second-order valence-corrected chi connectivity index (χ2v) is 5.46. The van der Waals surface area contributed by atoms with E-state index in [0.29, 0.717) is 22.8 Å². The molecule has 0 atom stereocenters. The number of ether oxygens (including phenoxy) is 1. The van der Waals surface area contributed by atoms with E-state index in [2.05, 4.69) is 25.1 Å². The van der Waals surface area contributed by atoms with Crippen molar-refractivity contribution < 1.29 is 9.13 Å². The summed E-state index contributed by atoms with van der Waals surface area (Å²) in [5.41, 5.74) is 1.50. The number of aromatic nitrogens is 5. The lowest BCUT2D eigenvalue weighted by Gasteiger charge is -2.12. The van der Waals surface area contributed by atoms with Crippen LogP contribution in [0.4, 0.5) is 4.39 Å². The van der Waals surface area contributed by atoms with Crippen LogP contribution in [0.1, 0.15) is 24.5 Å². The minimum Gasteiger partial charge on any atom is -0.433 e. The van der Waals surface area contributed by atoms with Gasteiger partial charge in [-0.15, -0.1) is 10.2 Å². The molecule has 0 aliphatic heterocycles. The number of nitrogens with one attached hydrogen (secondary N) is 1. The number of aromatic amines is 1. The second kappa shape index (κ2) is 5.80. The van der Waals surface area contributed by atoms with Crippen molar-refractivity contribution in [3.8, 4) is 22.8 Å². The molecule has 120 valence electrons. The summed E-state index contributed by atoms with van der Waals surface area (Å²) < 4.78 is 19.4. The summed E-state index contributed by atoms with van der Waals surface area (Å²) in [6.07, 6.45) is 6.35. The molecule has 1 aromatic carbocycles.